The Labute approximate surface area is 96.2 Å². The zero-order valence-corrected chi connectivity index (χ0v) is 9.61. The SMILES string of the molecule is COc1ccc(CNCCOCCO)cc1. The Morgan fingerprint density at radius 3 is 2.56 bits per heavy atom. The van der Waals surface area contributed by atoms with E-state index in [2.05, 4.69) is 5.32 Å². The highest BCUT2D eigenvalue weighted by atomic mass is 16.5. The first-order valence-electron chi connectivity index (χ1n) is 5.39. The van der Waals surface area contributed by atoms with E-state index in [0.29, 0.717) is 13.2 Å². The molecule has 0 aromatic heterocycles. The van der Waals surface area contributed by atoms with Gasteiger partial charge in [-0.3, -0.25) is 0 Å². The van der Waals surface area contributed by atoms with Crippen molar-refractivity contribution < 1.29 is 14.6 Å². The molecular formula is C12H19NO3. The van der Waals surface area contributed by atoms with Crippen LogP contribution in [0.25, 0.3) is 0 Å². The highest BCUT2D eigenvalue weighted by molar-refractivity contribution is 5.26. The van der Waals surface area contributed by atoms with Gasteiger partial charge in [0.1, 0.15) is 5.75 Å². The lowest BCUT2D eigenvalue weighted by molar-refractivity contribution is 0.0938. The van der Waals surface area contributed by atoms with Crippen LogP contribution in [0, 0.1) is 0 Å². The first-order valence-corrected chi connectivity index (χ1v) is 5.39. The Balaban J connectivity index is 2.12. The van der Waals surface area contributed by atoms with Gasteiger partial charge in [0.05, 0.1) is 26.9 Å². The third kappa shape index (κ3) is 5.11. The van der Waals surface area contributed by atoms with Crippen LogP contribution in [0.3, 0.4) is 0 Å². The van der Waals surface area contributed by atoms with Gasteiger partial charge in [-0.25, -0.2) is 0 Å². The number of methoxy groups -OCH3 is 1. The molecule has 0 saturated heterocycles. The van der Waals surface area contributed by atoms with Crippen LogP contribution in [0.1, 0.15) is 5.56 Å². The maximum Gasteiger partial charge on any atom is 0.118 e. The van der Waals surface area contributed by atoms with E-state index in [0.717, 1.165) is 18.8 Å². The molecule has 4 heteroatoms. The van der Waals surface area contributed by atoms with Gasteiger partial charge in [-0.2, -0.15) is 0 Å². The van der Waals surface area contributed by atoms with E-state index in [-0.39, 0.29) is 6.61 Å². The predicted octanol–water partition coefficient (Wildman–Crippen LogP) is 0.794. The van der Waals surface area contributed by atoms with Crippen molar-refractivity contribution >= 4 is 0 Å². The molecule has 0 fully saturated rings. The fourth-order valence-electron chi connectivity index (χ4n) is 1.29. The minimum absolute atomic E-state index is 0.0818. The number of benzene rings is 1. The normalized spacial score (nSPS) is 10.4. The predicted molar refractivity (Wildman–Crippen MR) is 62.6 cm³/mol. The molecule has 4 nitrogen and oxygen atoms in total. The largest absolute Gasteiger partial charge is 0.497 e. The van der Waals surface area contributed by atoms with Crippen molar-refractivity contribution in [1.29, 1.82) is 0 Å². The van der Waals surface area contributed by atoms with Gasteiger partial charge in [0, 0.05) is 13.1 Å². The van der Waals surface area contributed by atoms with Crippen molar-refractivity contribution in [2.24, 2.45) is 0 Å². The fraction of sp³-hybridized carbons (Fsp3) is 0.500. The second-order valence-electron chi connectivity index (χ2n) is 3.36. The first-order chi connectivity index (χ1) is 7.86. The molecule has 1 rings (SSSR count). The van der Waals surface area contributed by atoms with Crippen LogP contribution in [0.5, 0.6) is 5.75 Å². The lowest BCUT2D eigenvalue weighted by Gasteiger charge is -2.06. The second-order valence-corrected chi connectivity index (χ2v) is 3.36. The molecule has 0 aliphatic heterocycles. The van der Waals surface area contributed by atoms with Crippen LogP contribution < -0.4 is 10.1 Å². The molecule has 90 valence electrons. The number of aliphatic hydroxyl groups excluding tert-OH is 1. The van der Waals surface area contributed by atoms with Crippen LogP contribution in [-0.2, 0) is 11.3 Å². The summed E-state index contributed by atoms with van der Waals surface area (Å²) in [6.45, 7) is 2.71. The standard InChI is InChI=1S/C12H19NO3/c1-15-12-4-2-11(3-5-12)10-13-6-8-16-9-7-14/h2-5,13-14H,6-10H2,1H3. The summed E-state index contributed by atoms with van der Waals surface area (Å²) in [6, 6.07) is 7.94. The fourth-order valence-corrected chi connectivity index (χ4v) is 1.29. The van der Waals surface area contributed by atoms with E-state index in [1.54, 1.807) is 7.11 Å². The Kier molecular flexibility index (Phi) is 6.56. The smallest absolute Gasteiger partial charge is 0.118 e. The molecule has 0 aliphatic rings. The molecule has 0 bridgehead atoms. The summed E-state index contributed by atoms with van der Waals surface area (Å²) in [5.74, 6) is 0.870. The third-order valence-corrected chi connectivity index (χ3v) is 2.15. The molecule has 0 heterocycles. The number of hydrogen-bond acceptors (Lipinski definition) is 4. The van der Waals surface area contributed by atoms with Gasteiger partial charge in [0.2, 0.25) is 0 Å². The Morgan fingerprint density at radius 2 is 1.94 bits per heavy atom. The average Bonchev–Trinajstić information content (AvgIpc) is 2.34. The number of nitrogens with one attached hydrogen (secondary N) is 1. The maximum absolute atomic E-state index is 8.49. The van der Waals surface area contributed by atoms with E-state index in [4.69, 9.17) is 14.6 Å². The summed E-state index contributed by atoms with van der Waals surface area (Å²) >= 11 is 0. The average molecular weight is 225 g/mol. The van der Waals surface area contributed by atoms with Crippen molar-refractivity contribution in [3.8, 4) is 5.75 Å². The van der Waals surface area contributed by atoms with Gasteiger partial charge in [0.25, 0.3) is 0 Å². The lowest BCUT2D eigenvalue weighted by atomic mass is 10.2. The minimum Gasteiger partial charge on any atom is -0.497 e. The van der Waals surface area contributed by atoms with Crippen LogP contribution in [0.15, 0.2) is 24.3 Å². The van der Waals surface area contributed by atoms with Gasteiger partial charge < -0.3 is 19.9 Å². The van der Waals surface area contributed by atoms with Crippen molar-refractivity contribution in [2.75, 3.05) is 33.5 Å². The zero-order valence-electron chi connectivity index (χ0n) is 9.61. The molecule has 1 aromatic carbocycles. The number of hydrogen-bond donors (Lipinski definition) is 2. The quantitative estimate of drug-likeness (QED) is 0.642. The number of aliphatic hydroxyl groups is 1. The van der Waals surface area contributed by atoms with E-state index in [1.807, 2.05) is 24.3 Å². The van der Waals surface area contributed by atoms with Gasteiger partial charge in [-0.05, 0) is 17.7 Å². The molecule has 0 saturated carbocycles. The summed E-state index contributed by atoms with van der Waals surface area (Å²) in [5, 5.41) is 11.7. The molecule has 1 aromatic rings. The minimum atomic E-state index is 0.0818. The van der Waals surface area contributed by atoms with Crippen molar-refractivity contribution in [3.63, 3.8) is 0 Å². The molecule has 0 amide bonds. The van der Waals surface area contributed by atoms with Crippen LogP contribution >= 0.6 is 0 Å². The summed E-state index contributed by atoms with van der Waals surface area (Å²) in [4.78, 5) is 0. The second kappa shape index (κ2) is 8.10. The Bertz CT molecular complexity index is 274. The molecule has 16 heavy (non-hydrogen) atoms. The highest BCUT2D eigenvalue weighted by Gasteiger charge is 1.94. The zero-order chi connectivity index (χ0) is 11.6. The molecule has 0 unspecified atom stereocenters. The molecule has 0 spiro atoms. The number of rotatable bonds is 8. The Hall–Kier alpha value is -1.10. The molecule has 2 N–H and O–H groups in total. The maximum atomic E-state index is 8.49. The molecule has 0 radical (unpaired) electrons. The van der Waals surface area contributed by atoms with E-state index >= 15 is 0 Å². The number of ether oxygens (including phenoxy) is 2. The van der Waals surface area contributed by atoms with E-state index < -0.39 is 0 Å². The van der Waals surface area contributed by atoms with Gasteiger partial charge in [-0.15, -0.1) is 0 Å². The van der Waals surface area contributed by atoms with Crippen LogP contribution in [-0.4, -0.2) is 38.6 Å². The highest BCUT2D eigenvalue weighted by Crippen LogP contribution is 2.10. The van der Waals surface area contributed by atoms with Crippen molar-refractivity contribution in [2.45, 2.75) is 6.54 Å². The van der Waals surface area contributed by atoms with Gasteiger partial charge >= 0.3 is 0 Å². The van der Waals surface area contributed by atoms with Crippen LogP contribution in [0.2, 0.25) is 0 Å². The van der Waals surface area contributed by atoms with E-state index in [1.165, 1.54) is 5.56 Å². The van der Waals surface area contributed by atoms with Gasteiger partial charge in [0.15, 0.2) is 0 Å². The lowest BCUT2D eigenvalue weighted by Crippen LogP contribution is -2.19. The third-order valence-electron chi connectivity index (χ3n) is 2.15. The summed E-state index contributed by atoms with van der Waals surface area (Å²) < 4.78 is 10.2. The van der Waals surface area contributed by atoms with Gasteiger partial charge in [-0.1, -0.05) is 12.1 Å². The summed E-state index contributed by atoms with van der Waals surface area (Å²) in [7, 11) is 1.66. The van der Waals surface area contributed by atoms with Crippen molar-refractivity contribution in [3.05, 3.63) is 29.8 Å². The topological polar surface area (TPSA) is 50.7 Å². The summed E-state index contributed by atoms with van der Waals surface area (Å²) in [5.41, 5.74) is 1.21. The monoisotopic (exact) mass is 225 g/mol. The molecular weight excluding hydrogens is 206 g/mol. The molecule has 0 atom stereocenters. The molecule has 0 aliphatic carbocycles. The Morgan fingerprint density at radius 1 is 1.19 bits per heavy atom. The summed E-state index contributed by atoms with van der Waals surface area (Å²) in [6.07, 6.45) is 0. The van der Waals surface area contributed by atoms with Crippen LogP contribution in [0.4, 0.5) is 0 Å². The first kappa shape index (κ1) is 13.0. The van der Waals surface area contributed by atoms with Crippen molar-refractivity contribution in [1.82, 2.24) is 5.32 Å². The van der Waals surface area contributed by atoms with E-state index in [9.17, 15) is 0 Å².